The zero-order chi connectivity index (χ0) is 22.0. The zero-order valence-electron chi connectivity index (χ0n) is 17.2. The Bertz CT molecular complexity index is 715. The fourth-order valence-corrected chi connectivity index (χ4v) is 2.21. The summed E-state index contributed by atoms with van der Waals surface area (Å²) in [6.07, 6.45) is -0.895. The molecule has 1 rings (SSSR count). The van der Waals surface area contributed by atoms with Gasteiger partial charge in [0.15, 0.2) is 0 Å². The number of primary amides is 1. The SMILES string of the molecule is CC(NC(=O)OC(C)(C)C)C(=O)NC(CCC(N)=O)C(=O)OCc1ccccc1. The quantitative estimate of drug-likeness (QED) is 0.529. The molecule has 2 unspecified atom stereocenters. The molecule has 0 aromatic heterocycles. The predicted octanol–water partition coefficient (Wildman–Crippen LogP) is 1.39. The van der Waals surface area contributed by atoms with E-state index in [1.165, 1.54) is 6.92 Å². The Morgan fingerprint density at radius 3 is 2.24 bits per heavy atom. The van der Waals surface area contributed by atoms with Crippen LogP contribution in [-0.2, 0) is 30.5 Å². The van der Waals surface area contributed by atoms with Crippen molar-refractivity contribution in [3.8, 4) is 0 Å². The summed E-state index contributed by atoms with van der Waals surface area (Å²) in [5.41, 5.74) is 5.21. The molecule has 1 aromatic rings. The molecular formula is C20H29N3O6. The summed E-state index contributed by atoms with van der Waals surface area (Å²) in [6.45, 7) is 6.55. The molecule has 3 amide bonds. The average molecular weight is 407 g/mol. The zero-order valence-corrected chi connectivity index (χ0v) is 17.2. The number of carbonyl (C=O) groups excluding carboxylic acids is 4. The van der Waals surface area contributed by atoms with Crippen molar-refractivity contribution in [3.05, 3.63) is 35.9 Å². The first-order chi connectivity index (χ1) is 13.5. The van der Waals surface area contributed by atoms with Gasteiger partial charge in [-0.3, -0.25) is 9.59 Å². The van der Waals surface area contributed by atoms with E-state index in [1.807, 2.05) is 6.07 Å². The molecule has 29 heavy (non-hydrogen) atoms. The highest BCUT2D eigenvalue weighted by Crippen LogP contribution is 2.08. The Balaban J connectivity index is 2.67. The van der Waals surface area contributed by atoms with E-state index in [4.69, 9.17) is 15.2 Å². The second-order valence-electron chi connectivity index (χ2n) is 7.53. The molecule has 9 nitrogen and oxygen atoms in total. The minimum absolute atomic E-state index is 0.0200. The van der Waals surface area contributed by atoms with Crippen molar-refractivity contribution in [2.45, 2.75) is 64.8 Å². The van der Waals surface area contributed by atoms with Gasteiger partial charge in [-0.05, 0) is 39.7 Å². The standard InChI is InChI=1S/C20H29N3O6/c1-13(22-19(27)29-20(2,3)4)17(25)23-15(10-11-16(21)24)18(26)28-12-14-8-6-5-7-9-14/h5-9,13,15H,10-12H2,1-4H3,(H2,21,24)(H,22,27)(H,23,25). The van der Waals surface area contributed by atoms with E-state index in [9.17, 15) is 19.2 Å². The van der Waals surface area contributed by atoms with Crippen LogP contribution in [0.3, 0.4) is 0 Å². The van der Waals surface area contributed by atoms with Crippen molar-refractivity contribution in [2.75, 3.05) is 0 Å². The molecule has 4 N–H and O–H groups in total. The van der Waals surface area contributed by atoms with Gasteiger partial charge in [0.05, 0.1) is 0 Å². The first-order valence-corrected chi connectivity index (χ1v) is 9.26. The topological polar surface area (TPSA) is 137 Å². The van der Waals surface area contributed by atoms with Gasteiger partial charge in [-0.25, -0.2) is 9.59 Å². The van der Waals surface area contributed by atoms with Crippen LogP contribution in [0.5, 0.6) is 0 Å². The third kappa shape index (κ3) is 10.1. The molecule has 0 aliphatic carbocycles. The van der Waals surface area contributed by atoms with Crippen molar-refractivity contribution in [3.63, 3.8) is 0 Å². The van der Waals surface area contributed by atoms with Crippen molar-refractivity contribution in [1.29, 1.82) is 0 Å². The number of esters is 1. The Kier molecular flexibility index (Phi) is 9.11. The molecule has 0 aliphatic rings. The number of ether oxygens (including phenoxy) is 2. The van der Waals surface area contributed by atoms with Crippen molar-refractivity contribution < 1.29 is 28.7 Å². The highest BCUT2D eigenvalue weighted by atomic mass is 16.6. The van der Waals surface area contributed by atoms with E-state index in [-0.39, 0.29) is 19.4 Å². The van der Waals surface area contributed by atoms with Crippen LogP contribution in [0.15, 0.2) is 30.3 Å². The molecule has 0 radical (unpaired) electrons. The number of amides is 3. The van der Waals surface area contributed by atoms with Gasteiger partial charge in [0.2, 0.25) is 11.8 Å². The number of hydrogen-bond donors (Lipinski definition) is 3. The Labute approximate surface area is 170 Å². The summed E-state index contributed by atoms with van der Waals surface area (Å²) in [6, 6.07) is 6.97. The normalized spacial score (nSPS) is 13.0. The van der Waals surface area contributed by atoms with Gasteiger partial charge in [-0.1, -0.05) is 30.3 Å². The first kappa shape index (κ1) is 23.9. The van der Waals surface area contributed by atoms with E-state index < -0.39 is 41.6 Å². The highest BCUT2D eigenvalue weighted by Gasteiger charge is 2.27. The maximum absolute atomic E-state index is 12.4. The molecule has 2 atom stereocenters. The van der Waals surface area contributed by atoms with Crippen LogP contribution in [0.25, 0.3) is 0 Å². The molecular weight excluding hydrogens is 378 g/mol. The van der Waals surface area contributed by atoms with E-state index in [1.54, 1.807) is 45.0 Å². The number of carbonyl (C=O) groups is 4. The van der Waals surface area contributed by atoms with Crippen LogP contribution >= 0.6 is 0 Å². The van der Waals surface area contributed by atoms with Gasteiger partial charge in [-0.15, -0.1) is 0 Å². The lowest BCUT2D eigenvalue weighted by Gasteiger charge is -2.23. The Morgan fingerprint density at radius 1 is 1.07 bits per heavy atom. The average Bonchev–Trinajstić information content (AvgIpc) is 2.61. The van der Waals surface area contributed by atoms with Gasteiger partial charge in [0.1, 0.15) is 24.3 Å². The van der Waals surface area contributed by atoms with Gasteiger partial charge >= 0.3 is 12.1 Å². The number of nitrogens with one attached hydrogen (secondary N) is 2. The molecule has 9 heteroatoms. The highest BCUT2D eigenvalue weighted by molar-refractivity contribution is 5.89. The number of nitrogens with two attached hydrogens (primary N) is 1. The third-order valence-corrected chi connectivity index (χ3v) is 3.63. The molecule has 0 aliphatic heterocycles. The maximum atomic E-state index is 12.4. The monoisotopic (exact) mass is 407 g/mol. The lowest BCUT2D eigenvalue weighted by Crippen LogP contribution is -2.51. The molecule has 0 saturated heterocycles. The molecule has 160 valence electrons. The molecule has 0 fully saturated rings. The number of rotatable bonds is 9. The minimum atomic E-state index is -1.08. The van der Waals surface area contributed by atoms with Crippen LogP contribution in [-0.4, -0.2) is 41.6 Å². The second-order valence-corrected chi connectivity index (χ2v) is 7.53. The number of benzene rings is 1. The predicted molar refractivity (Wildman–Crippen MR) is 105 cm³/mol. The molecule has 0 bridgehead atoms. The minimum Gasteiger partial charge on any atom is -0.459 e. The van der Waals surface area contributed by atoms with Crippen LogP contribution in [0, 0.1) is 0 Å². The number of alkyl carbamates (subject to hydrolysis) is 1. The van der Waals surface area contributed by atoms with E-state index >= 15 is 0 Å². The van der Waals surface area contributed by atoms with E-state index in [2.05, 4.69) is 10.6 Å². The summed E-state index contributed by atoms with van der Waals surface area (Å²) < 4.78 is 10.3. The van der Waals surface area contributed by atoms with Crippen LogP contribution < -0.4 is 16.4 Å². The summed E-state index contributed by atoms with van der Waals surface area (Å²) >= 11 is 0. The second kappa shape index (κ2) is 11.0. The van der Waals surface area contributed by atoms with Gasteiger partial charge in [0.25, 0.3) is 0 Å². The van der Waals surface area contributed by atoms with Gasteiger partial charge < -0.3 is 25.8 Å². The summed E-state index contributed by atoms with van der Waals surface area (Å²) in [7, 11) is 0. The Hall–Kier alpha value is -3.10. The van der Waals surface area contributed by atoms with Crippen LogP contribution in [0.1, 0.15) is 46.1 Å². The molecule has 0 spiro atoms. The van der Waals surface area contributed by atoms with Crippen LogP contribution in [0.2, 0.25) is 0 Å². The maximum Gasteiger partial charge on any atom is 0.408 e. The smallest absolute Gasteiger partial charge is 0.408 e. The van der Waals surface area contributed by atoms with Crippen LogP contribution in [0.4, 0.5) is 4.79 Å². The molecule has 0 heterocycles. The summed E-state index contributed by atoms with van der Waals surface area (Å²) in [5, 5.41) is 4.87. The lowest BCUT2D eigenvalue weighted by atomic mass is 10.1. The fraction of sp³-hybridized carbons (Fsp3) is 0.500. The summed E-state index contributed by atoms with van der Waals surface area (Å²) in [4.78, 5) is 47.7. The van der Waals surface area contributed by atoms with Gasteiger partial charge in [-0.2, -0.15) is 0 Å². The molecule has 1 aromatic carbocycles. The van der Waals surface area contributed by atoms with E-state index in [0.717, 1.165) is 5.56 Å². The third-order valence-electron chi connectivity index (χ3n) is 3.63. The van der Waals surface area contributed by atoms with Crippen molar-refractivity contribution >= 4 is 23.9 Å². The largest absolute Gasteiger partial charge is 0.459 e. The fourth-order valence-electron chi connectivity index (χ4n) is 2.21. The first-order valence-electron chi connectivity index (χ1n) is 9.26. The van der Waals surface area contributed by atoms with E-state index in [0.29, 0.717) is 0 Å². The summed E-state index contributed by atoms with van der Waals surface area (Å²) in [5.74, 6) is -1.94. The van der Waals surface area contributed by atoms with Crippen molar-refractivity contribution in [1.82, 2.24) is 10.6 Å². The molecule has 0 saturated carbocycles. The Morgan fingerprint density at radius 2 is 1.69 bits per heavy atom. The van der Waals surface area contributed by atoms with Crippen molar-refractivity contribution in [2.24, 2.45) is 5.73 Å². The number of hydrogen-bond acceptors (Lipinski definition) is 6. The van der Waals surface area contributed by atoms with Gasteiger partial charge in [0, 0.05) is 6.42 Å². The lowest BCUT2D eigenvalue weighted by molar-refractivity contribution is -0.149.